The molecule has 0 saturated carbocycles. The first kappa shape index (κ1) is 13.9. The Morgan fingerprint density at radius 3 is 2.70 bits per heavy atom. The second-order valence-electron chi connectivity index (χ2n) is 3.97. The Hall–Kier alpha value is -2.49. The van der Waals surface area contributed by atoms with Gasteiger partial charge in [0.1, 0.15) is 5.69 Å². The molecule has 0 unspecified atom stereocenters. The van der Waals surface area contributed by atoms with Gasteiger partial charge in [0.15, 0.2) is 0 Å². The van der Waals surface area contributed by atoms with E-state index < -0.39 is 23.4 Å². The van der Waals surface area contributed by atoms with Crippen LogP contribution in [-0.2, 0) is 10.9 Å². The molecule has 0 bridgehead atoms. The van der Waals surface area contributed by atoms with E-state index in [-0.39, 0.29) is 23.1 Å². The molecule has 0 atom stereocenters. The molecule has 4 nitrogen and oxygen atoms in total. The van der Waals surface area contributed by atoms with Crippen LogP contribution in [0.25, 0.3) is 10.9 Å². The Morgan fingerprint density at radius 2 is 2.15 bits per heavy atom. The van der Waals surface area contributed by atoms with E-state index in [1.807, 2.05) is 6.07 Å². The maximum Gasteiger partial charge on any atom is 0.432 e. The highest BCUT2D eigenvalue weighted by atomic mass is 19.4. The number of rotatable bonds is 2. The average Bonchev–Trinajstić information content (AvgIpc) is 2.77. The summed E-state index contributed by atoms with van der Waals surface area (Å²) in [4.78, 5) is 13.9. The van der Waals surface area contributed by atoms with Gasteiger partial charge in [-0.1, -0.05) is 0 Å². The van der Waals surface area contributed by atoms with Gasteiger partial charge in [-0.05, 0) is 25.1 Å². The minimum absolute atomic E-state index is 0.0230. The average molecular weight is 282 g/mol. The molecule has 0 aliphatic rings. The van der Waals surface area contributed by atoms with E-state index >= 15 is 0 Å². The molecule has 20 heavy (non-hydrogen) atoms. The van der Waals surface area contributed by atoms with Gasteiger partial charge < -0.3 is 9.72 Å². The van der Waals surface area contributed by atoms with Crippen LogP contribution < -0.4 is 0 Å². The number of fused-ring (bicyclic) bond motifs is 1. The number of ether oxygens (including phenoxy) is 1. The number of esters is 1. The molecule has 0 saturated heterocycles. The van der Waals surface area contributed by atoms with E-state index in [1.54, 1.807) is 0 Å². The SMILES string of the molecule is CCOC(=O)c1c(C(F)(F)F)[nH]c2ccc(C#N)cc12. The number of hydrogen-bond donors (Lipinski definition) is 1. The number of benzene rings is 1. The van der Waals surface area contributed by atoms with Gasteiger partial charge in [0.25, 0.3) is 0 Å². The number of nitrogens with zero attached hydrogens (tertiary/aromatic N) is 1. The highest BCUT2D eigenvalue weighted by molar-refractivity contribution is 6.06. The fraction of sp³-hybridized carbons (Fsp3) is 0.231. The highest BCUT2D eigenvalue weighted by Gasteiger charge is 2.39. The Labute approximate surface area is 111 Å². The quantitative estimate of drug-likeness (QED) is 0.860. The number of halogens is 3. The molecule has 0 aliphatic heterocycles. The Balaban J connectivity index is 2.76. The summed E-state index contributed by atoms with van der Waals surface area (Å²) in [6.45, 7) is 1.46. The molecule has 0 fully saturated rings. The first-order chi connectivity index (χ1) is 9.38. The zero-order chi connectivity index (χ0) is 14.9. The predicted octanol–water partition coefficient (Wildman–Crippen LogP) is 3.24. The number of carbonyl (C=O) groups is 1. The number of aromatic amines is 1. The van der Waals surface area contributed by atoms with Crippen LogP contribution >= 0.6 is 0 Å². The van der Waals surface area contributed by atoms with Crippen molar-refractivity contribution in [2.75, 3.05) is 6.61 Å². The van der Waals surface area contributed by atoms with E-state index in [2.05, 4.69) is 9.72 Å². The van der Waals surface area contributed by atoms with Crippen LogP contribution in [0.15, 0.2) is 18.2 Å². The van der Waals surface area contributed by atoms with Crippen LogP contribution in [0, 0.1) is 11.3 Å². The molecule has 0 aliphatic carbocycles. The van der Waals surface area contributed by atoms with Crippen molar-refractivity contribution in [1.29, 1.82) is 5.26 Å². The lowest BCUT2D eigenvalue weighted by Gasteiger charge is -2.07. The van der Waals surface area contributed by atoms with Gasteiger partial charge in [-0.3, -0.25) is 0 Å². The molecule has 0 amide bonds. The predicted molar refractivity (Wildman–Crippen MR) is 64.0 cm³/mol. The summed E-state index contributed by atoms with van der Waals surface area (Å²) >= 11 is 0. The Kier molecular flexibility index (Phi) is 3.40. The van der Waals surface area contributed by atoms with Gasteiger partial charge in [-0.2, -0.15) is 18.4 Å². The summed E-state index contributed by atoms with van der Waals surface area (Å²) < 4.78 is 43.6. The number of alkyl halides is 3. The van der Waals surface area contributed by atoms with Crippen molar-refractivity contribution < 1.29 is 22.7 Å². The van der Waals surface area contributed by atoms with Crippen LogP contribution in [0.2, 0.25) is 0 Å². The molecule has 1 heterocycles. The highest BCUT2D eigenvalue weighted by Crippen LogP contribution is 2.36. The number of aromatic nitrogens is 1. The fourth-order valence-electron chi connectivity index (χ4n) is 1.89. The molecule has 2 rings (SSSR count). The second-order valence-corrected chi connectivity index (χ2v) is 3.97. The maximum absolute atomic E-state index is 13.0. The van der Waals surface area contributed by atoms with Crippen LogP contribution in [-0.4, -0.2) is 17.6 Å². The number of hydrogen-bond acceptors (Lipinski definition) is 3. The van der Waals surface area contributed by atoms with Crippen molar-refractivity contribution >= 4 is 16.9 Å². The third-order valence-corrected chi connectivity index (χ3v) is 2.69. The monoisotopic (exact) mass is 282 g/mol. The van der Waals surface area contributed by atoms with Crippen molar-refractivity contribution in [3.05, 3.63) is 35.0 Å². The zero-order valence-corrected chi connectivity index (χ0v) is 10.3. The second kappa shape index (κ2) is 4.89. The van der Waals surface area contributed by atoms with E-state index in [0.29, 0.717) is 0 Å². The molecule has 0 spiro atoms. The lowest BCUT2D eigenvalue weighted by Crippen LogP contribution is -2.14. The minimum Gasteiger partial charge on any atom is -0.462 e. The lowest BCUT2D eigenvalue weighted by molar-refractivity contribution is -0.141. The van der Waals surface area contributed by atoms with Gasteiger partial charge in [-0.15, -0.1) is 0 Å². The number of nitrogens with one attached hydrogen (secondary N) is 1. The van der Waals surface area contributed by atoms with E-state index in [0.717, 1.165) is 0 Å². The molecule has 2 aromatic rings. The molecule has 7 heteroatoms. The third-order valence-electron chi connectivity index (χ3n) is 2.69. The topological polar surface area (TPSA) is 65.9 Å². The van der Waals surface area contributed by atoms with Crippen molar-refractivity contribution in [2.24, 2.45) is 0 Å². The maximum atomic E-state index is 13.0. The number of carbonyl (C=O) groups excluding carboxylic acids is 1. The minimum atomic E-state index is -4.71. The van der Waals surface area contributed by atoms with E-state index in [9.17, 15) is 18.0 Å². The lowest BCUT2D eigenvalue weighted by atomic mass is 10.1. The summed E-state index contributed by atoms with van der Waals surface area (Å²) in [5, 5.41) is 8.82. The standard InChI is InChI=1S/C13H9F3N2O2/c1-2-20-12(19)10-8-5-7(6-17)3-4-9(8)18-11(10)13(14,15)16/h3-5,18H,2H2,1H3. The Morgan fingerprint density at radius 1 is 1.45 bits per heavy atom. The summed E-state index contributed by atoms with van der Waals surface area (Å²) in [6.07, 6.45) is -4.71. The van der Waals surface area contributed by atoms with Crippen LogP contribution in [0.4, 0.5) is 13.2 Å². The summed E-state index contributed by atoms with van der Waals surface area (Å²) in [7, 11) is 0. The first-order valence-corrected chi connectivity index (χ1v) is 5.68. The van der Waals surface area contributed by atoms with Crippen molar-refractivity contribution in [1.82, 2.24) is 4.98 Å². The van der Waals surface area contributed by atoms with Crippen molar-refractivity contribution in [3.8, 4) is 6.07 Å². The van der Waals surface area contributed by atoms with E-state index in [1.165, 1.54) is 25.1 Å². The number of nitriles is 1. The van der Waals surface area contributed by atoms with Gasteiger partial charge in [0.05, 0.1) is 23.8 Å². The molecule has 1 aromatic heterocycles. The molecule has 1 aromatic carbocycles. The molecule has 104 valence electrons. The summed E-state index contributed by atoms with van der Waals surface area (Å²) in [5.74, 6) is -1.07. The van der Waals surface area contributed by atoms with Crippen molar-refractivity contribution in [3.63, 3.8) is 0 Å². The van der Waals surface area contributed by atoms with Gasteiger partial charge in [0.2, 0.25) is 0 Å². The van der Waals surface area contributed by atoms with Crippen LogP contribution in [0.5, 0.6) is 0 Å². The van der Waals surface area contributed by atoms with Crippen LogP contribution in [0.1, 0.15) is 28.5 Å². The van der Waals surface area contributed by atoms with Crippen LogP contribution in [0.3, 0.4) is 0 Å². The Bertz CT molecular complexity index is 711. The summed E-state index contributed by atoms with van der Waals surface area (Å²) in [6, 6.07) is 5.74. The molecular weight excluding hydrogens is 273 g/mol. The smallest absolute Gasteiger partial charge is 0.432 e. The fourth-order valence-corrected chi connectivity index (χ4v) is 1.89. The normalized spacial score (nSPS) is 11.3. The zero-order valence-electron chi connectivity index (χ0n) is 10.3. The molecular formula is C13H9F3N2O2. The van der Waals surface area contributed by atoms with Gasteiger partial charge in [-0.25, -0.2) is 4.79 Å². The van der Waals surface area contributed by atoms with Gasteiger partial charge in [0, 0.05) is 10.9 Å². The van der Waals surface area contributed by atoms with Crippen molar-refractivity contribution in [2.45, 2.75) is 13.1 Å². The summed E-state index contributed by atoms with van der Waals surface area (Å²) in [5.41, 5.74) is -1.47. The molecule has 0 radical (unpaired) electrons. The van der Waals surface area contributed by atoms with E-state index in [4.69, 9.17) is 5.26 Å². The number of H-pyrrole nitrogens is 1. The largest absolute Gasteiger partial charge is 0.462 e. The van der Waals surface area contributed by atoms with Gasteiger partial charge >= 0.3 is 12.1 Å². The molecule has 1 N–H and O–H groups in total. The first-order valence-electron chi connectivity index (χ1n) is 5.68. The third kappa shape index (κ3) is 2.32.